The van der Waals surface area contributed by atoms with Gasteiger partial charge in [-0.05, 0) is 62.9 Å². The summed E-state index contributed by atoms with van der Waals surface area (Å²) in [6.45, 7) is 6.89. The predicted octanol–water partition coefficient (Wildman–Crippen LogP) is 3.32. The minimum absolute atomic E-state index is 0.659. The summed E-state index contributed by atoms with van der Waals surface area (Å²) >= 11 is 0. The third-order valence-electron chi connectivity index (χ3n) is 3.72. The smallest absolute Gasteiger partial charge is 0.126 e. The van der Waals surface area contributed by atoms with Gasteiger partial charge in [-0.25, -0.2) is 0 Å². The molecule has 0 aliphatic carbocycles. The largest absolute Gasteiger partial charge is 0.465 e. The number of hydrogen-bond donors (Lipinski definition) is 1. The van der Waals surface area contributed by atoms with Crippen molar-refractivity contribution < 1.29 is 4.42 Å². The third kappa shape index (κ3) is 2.76. The molecule has 1 saturated heterocycles. The highest BCUT2D eigenvalue weighted by atomic mass is 16.3. The molecule has 0 radical (unpaired) electrons. The molecule has 88 valence electrons. The van der Waals surface area contributed by atoms with E-state index < -0.39 is 0 Å². The Morgan fingerprint density at radius 2 is 2.25 bits per heavy atom. The Balaban J connectivity index is 2.00. The van der Waals surface area contributed by atoms with Gasteiger partial charge in [-0.3, -0.25) is 0 Å². The van der Waals surface area contributed by atoms with Crippen LogP contribution in [0, 0.1) is 11.8 Å². The van der Waals surface area contributed by atoms with Crippen LogP contribution in [0.3, 0.4) is 0 Å². The van der Waals surface area contributed by atoms with Gasteiger partial charge in [0.05, 0.1) is 6.26 Å². The van der Waals surface area contributed by atoms with E-state index in [0.29, 0.717) is 5.92 Å². The average molecular weight is 219 g/mol. The first kappa shape index (κ1) is 11.5. The number of rotatable bonds is 3. The zero-order valence-corrected chi connectivity index (χ0v) is 10.2. The topological polar surface area (TPSA) is 25.2 Å². The molecule has 1 aromatic rings. The van der Waals surface area contributed by atoms with E-state index in [2.05, 4.69) is 25.2 Å². The third-order valence-corrected chi connectivity index (χ3v) is 3.72. The summed E-state index contributed by atoms with van der Waals surface area (Å²) in [5, 5.41) is 3.42. The van der Waals surface area contributed by atoms with E-state index in [-0.39, 0.29) is 0 Å². The van der Waals surface area contributed by atoms with Crippen LogP contribution in [-0.4, -0.2) is 13.1 Å². The number of piperidine rings is 1. The lowest BCUT2D eigenvalue weighted by Gasteiger charge is -2.28. The van der Waals surface area contributed by atoms with Gasteiger partial charge in [-0.15, -0.1) is 0 Å². The van der Waals surface area contributed by atoms with Crippen molar-refractivity contribution in [1.29, 1.82) is 0 Å². The fourth-order valence-electron chi connectivity index (χ4n) is 2.45. The second-order valence-corrected chi connectivity index (χ2v) is 4.78. The maximum absolute atomic E-state index is 5.35. The highest BCUT2D eigenvalue weighted by Crippen LogP contribution is 2.28. The first-order valence-electron chi connectivity index (χ1n) is 6.20. The molecular weight excluding hydrogens is 198 g/mol. The second kappa shape index (κ2) is 5.35. The molecular formula is C14H21NO. The van der Waals surface area contributed by atoms with Crippen molar-refractivity contribution in [1.82, 2.24) is 5.32 Å². The number of hydrogen-bond acceptors (Lipinski definition) is 2. The Kier molecular flexibility index (Phi) is 3.83. The van der Waals surface area contributed by atoms with Crippen molar-refractivity contribution in [2.45, 2.75) is 26.7 Å². The molecule has 0 aromatic carbocycles. The maximum Gasteiger partial charge on any atom is 0.126 e. The van der Waals surface area contributed by atoms with Crippen molar-refractivity contribution in [3.05, 3.63) is 29.7 Å². The Labute approximate surface area is 97.7 Å². The summed E-state index contributed by atoms with van der Waals surface area (Å²) in [5.74, 6) is 2.46. The lowest BCUT2D eigenvalue weighted by atomic mass is 9.82. The van der Waals surface area contributed by atoms with Crippen LogP contribution in [0.2, 0.25) is 0 Å². The van der Waals surface area contributed by atoms with Gasteiger partial charge >= 0.3 is 0 Å². The molecule has 2 rings (SSSR count). The van der Waals surface area contributed by atoms with Gasteiger partial charge in [-0.2, -0.15) is 0 Å². The number of furan rings is 1. The normalized spacial score (nSPS) is 21.0. The Hall–Kier alpha value is -1.02. The summed E-state index contributed by atoms with van der Waals surface area (Å²) in [6.07, 6.45) is 6.50. The standard InChI is InChI=1S/C14H21NO/c1-11(10-14-4-3-9-16-14)12(2)13-5-7-15-8-6-13/h3-4,9-10,12-13,15H,5-8H2,1-2H3/b11-10+. The molecule has 1 atom stereocenters. The van der Waals surface area contributed by atoms with Crippen molar-refractivity contribution in [3.63, 3.8) is 0 Å². The molecule has 0 bridgehead atoms. The van der Waals surface area contributed by atoms with Gasteiger partial charge in [0, 0.05) is 0 Å². The van der Waals surface area contributed by atoms with Gasteiger partial charge in [0.1, 0.15) is 5.76 Å². The van der Waals surface area contributed by atoms with Crippen LogP contribution in [0.25, 0.3) is 6.08 Å². The first-order valence-corrected chi connectivity index (χ1v) is 6.20. The molecule has 1 aliphatic heterocycles. The van der Waals surface area contributed by atoms with Gasteiger partial charge < -0.3 is 9.73 Å². The molecule has 0 spiro atoms. The van der Waals surface area contributed by atoms with E-state index in [0.717, 1.165) is 11.7 Å². The van der Waals surface area contributed by atoms with Crippen LogP contribution in [0.15, 0.2) is 28.4 Å². The Bertz CT molecular complexity index is 334. The summed E-state index contributed by atoms with van der Waals surface area (Å²) in [5.41, 5.74) is 1.43. The fourth-order valence-corrected chi connectivity index (χ4v) is 2.45. The lowest BCUT2D eigenvalue weighted by Crippen LogP contribution is -2.31. The zero-order chi connectivity index (χ0) is 11.4. The first-order chi connectivity index (χ1) is 7.77. The summed E-state index contributed by atoms with van der Waals surface area (Å²) < 4.78 is 5.35. The Morgan fingerprint density at radius 3 is 2.88 bits per heavy atom. The molecule has 1 unspecified atom stereocenters. The Morgan fingerprint density at radius 1 is 1.50 bits per heavy atom. The van der Waals surface area contributed by atoms with E-state index in [9.17, 15) is 0 Å². The molecule has 0 saturated carbocycles. The summed E-state index contributed by atoms with van der Waals surface area (Å²) in [6, 6.07) is 3.95. The van der Waals surface area contributed by atoms with E-state index in [4.69, 9.17) is 4.42 Å². The minimum Gasteiger partial charge on any atom is -0.465 e. The molecule has 2 heteroatoms. The van der Waals surface area contributed by atoms with Gasteiger partial charge in [0.15, 0.2) is 0 Å². The van der Waals surface area contributed by atoms with Crippen LogP contribution in [-0.2, 0) is 0 Å². The molecule has 2 nitrogen and oxygen atoms in total. The highest BCUT2D eigenvalue weighted by Gasteiger charge is 2.20. The lowest BCUT2D eigenvalue weighted by molar-refractivity contribution is 0.304. The van der Waals surface area contributed by atoms with Crippen LogP contribution in [0.4, 0.5) is 0 Å². The van der Waals surface area contributed by atoms with E-state index >= 15 is 0 Å². The second-order valence-electron chi connectivity index (χ2n) is 4.78. The van der Waals surface area contributed by atoms with Crippen molar-refractivity contribution in [3.8, 4) is 0 Å². The van der Waals surface area contributed by atoms with Crippen LogP contribution in [0.5, 0.6) is 0 Å². The van der Waals surface area contributed by atoms with Crippen LogP contribution >= 0.6 is 0 Å². The van der Waals surface area contributed by atoms with Crippen molar-refractivity contribution in [2.24, 2.45) is 11.8 Å². The van der Waals surface area contributed by atoms with E-state index in [1.165, 1.54) is 31.5 Å². The van der Waals surface area contributed by atoms with Crippen molar-refractivity contribution >= 4 is 6.08 Å². The average Bonchev–Trinajstić information content (AvgIpc) is 2.82. The summed E-state index contributed by atoms with van der Waals surface area (Å²) in [4.78, 5) is 0. The van der Waals surface area contributed by atoms with Crippen LogP contribution in [0.1, 0.15) is 32.4 Å². The quantitative estimate of drug-likeness (QED) is 0.843. The fraction of sp³-hybridized carbons (Fsp3) is 0.571. The predicted molar refractivity (Wildman–Crippen MR) is 67.1 cm³/mol. The molecule has 1 N–H and O–H groups in total. The minimum atomic E-state index is 0.659. The zero-order valence-electron chi connectivity index (χ0n) is 10.2. The van der Waals surface area contributed by atoms with Gasteiger partial charge in [0.25, 0.3) is 0 Å². The van der Waals surface area contributed by atoms with Gasteiger partial charge in [-0.1, -0.05) is 12.5 Å². The maximum atomic E-state index is 5.35. The van der Waals surface area contributed by atoms with E-state index in [1.54, 1.807) is 6.26 Å². The molecule has 1 fully saturated rings. The van der Waals surface area contributed by atoms with Crippen LogP contribution < -0.4 is 5.32 Å². The number of nitrogens with one attached hydrogen (secondary N) is 1. The van der Waals surface area contributed by atoms with Gasteiger partial charge in [0.2, 0.25) is 0 Å². The molecule has 16 heavy (non-hydrogen) atoms. The molecule has 2 heterocycles. The van der Waals surface area contributed by atoms with E-state index in [1.807, 2.05) is 12.1 Å². The molecule has 0 amide bonds. The SMILES string of the molecule is C/C(=C\c1ccco1)C(C)C1CCNCC1. The monoisotopic (exact) mass is 219 g/mol. The highest BCUT2D eigenvalue weighted by molar-refractivity contribution is 5.47. The number of allylic oxidation sites excluding steroid dienone is 1. The van der Waals surface area contributed by atoms with Crippen molar-refractivity contribution in [2.75, 3.05) is 13.1 Å². The molecule has 1 aromatic heterocycles. The summed E-state index contributed by atoms with van der Waals surface area (Å²) in [7, 11) is 0. The molecule has 1 aliphatic rings.